The molecule has 0 aliphatic rings. The molecule has 1 rings (SSSR count). The molecule has 116 valence electrons. The minimum atomic E-state index is -0.877. The van der Waals surface area contributed by atoms with Gasteiger partial charge in [-0.15, -0.1) is 0 Å². The number of pyridine rings is 1. The number of carboxylic acids is 1. The second-order valence-corrected chi connectivity index (χ2v) is 6.51. The molecule has 1 aromatic heterocycles. The summed E-state index contributed by atoms with van der Waals surface area (Å²) in [5, 5.41) is 11.7. The van der Waals surface area contributed by atoms with E-state index in [-0.39, 0.29) is 28.9 Å². The Hall–Kier alpha value is -1.62. The zero-order valence-corrected chi connectivity index (χ0v) is 13.5. The van der Waals surface area contributed by atoms with Gasteiger partial charge in [-0.25, -0.2) is 4.98 Å². The zero-order chi connectivity index (χ0) is 16.2. The standard InChI is InChI=1S/C15H21ClN2O3/c1-9(5-6-13(19)20)17-14(21)10-7-11(15(2,3)4)18-12(16)8-10/h7-9H,5-6H2,1-4H3,(H,17,21)(H,19,20). The Bertz CT molecular complexity index is 538. The number of nitrogens with one attached hydrogen (secondary N) is 1. The summed E-state index contributed by atoms with van der Waals surface area (Å²) < 4.78 is 0. The van der Waals surface area contributed by atoms with Crippen molar-refractivity contribution in [2.45, 2.75) is 52.0 Å². The van der Waals surface area contributed by atoms with E-state index in [1.165, 1.54) is 6.07 Å². The number of amides is 1. The average Bonchev–Trinajstić information content (AvgIpc) is 2.34. The van der Waals surface area contributed by atoms with Crippen LogP contribution in [0.4, 0.5) is 0 Å². The lowest BCUT2D eigenvalue weighted by molar-refractivity contribution is -0.137. The largest absolute Gasteiger partial charge is 0.481 e. The van der Waals surface area contributed by atoms with Crippen LogP contribution in [0.5, 0.6) is 0 Å². The summed E-state index contributed by atoms with van der Waals surface area (Å²) >= 11 is 5.97. The summed E-state index contributed by atoms with van der Waals surface area (Å²) in [6.07, 6.45) is 0.401. The first kappa shape index (κ1) is 17.4. The molecule has 0 spiro atoms. The van der Waals surface area contributed by atoms with Crippen LogP contribution in [0, 0.1) is 0 Å². The summed E-state index contributed by atoms with van der Waals surface area (Å²) in [7, 11) is 0. The summed E-state index contributed by atoms with van der Waals surface area (Å²) in [5.74, 6) is -1.15. The van der Waals surface area contributed by atoms with Gasteiger partial charge in [-0.05, 0) is 25.5 Å². The topological polar surface area (TPSA) is 79.3 Å². The van der Waals surface area contributed by atoms with E-state index in [1.807, 2.05) is 20.8 Å². The van der Waals surface area contributed by atoms with Crippen LogP contribution in [0.3, 0.4) is 0 Å². The van der Waals surface area contributed by atoms with Crippen molar-refractivity contribution in [2.75, 3.05) is 0 Å². The summed E-state index contributed by atoms with van der Waals surface area (Å²) in [6.45, 7) is 7.74. The van der Waals surface area contributed by atoms with Crippen molar-refractivity contribution in [3.8, 4) is 0 Å². The minimum absolute atomic E-state index is 0.0196. The Morgan fingerprint density at radius 2 is 2.00 bits per heavy atom. The minimum Gasteiger partial charge on any atom is -0.481 e. The third-order valence-electron chi connectivity index (χ3n) is 2.99. The number of aromatic nitrogens is 1. The molecule has 5 nitrogen and oxygen atoms in total. The highest BCUT2D eigenvalue weighted by Gasteiger charge is 2.19. The Kier molecular flexibility index (Phi) is 5.72. The molecule has 1 amide bonds. The maximum Gasteiger partial charge on any atom is 0.303 e. The van der Waals surface area contributed by atoms with Crippen molar-refractivity contribution in [1.82, 2.24) is 10.3 Å². The van der Waals surface area contributed by atoms with Gasteiger partial charge in [0.05, 0.1) is 0 Å². The van der Waals surface area contributed by atoms with Gasteiger partial charge in [0, 0.05) is 29.1 Å². The van der Waals surface area contributed by atoms with Gasteiger partial charge in [0.1, 0.15) is 5.15 Å². The van der Waals surface area contributed by atoms with Gasteiger partial charge in [0.2, 0.25) is 0 Å². The first-order chi connectivity index (χ1) is 9.59. The van der Waals surface area contributed by atoms with E-state index in [0.29, 0.717) is 12.0 Å². The second kappa shape index (κ2) is 6.89. The Balaban J connectivity index is 2.83. The van der Waals surface area contributed by atoms with Gasteiger partial charge in [-0.1, -0.05) is 32.4 Å². The third-order valence-corrected chi connectivity index (χ3v) is 3.19. The lowest BCUT2D eigenvalue weighted by Gasteiger charge is -2.19. The zero-order valence-electron chi connectivity index (χ0n) is 12.7. The smallest absolute Gasteiger partial charge is 0.303 e. The van der Waals surface area contributed by atoms with Crippen molar-refractivity contribution in [1.29, 1.82) is 0 Å². The third kappa shape index (κ3) is 5.71. The number of halogens is 1. The van der Waals surface area contributed by atoms with Crippen LogP contribution in [0.15, 0.2) is 12.1 Å². The van der Waals surface area contributed by atoms with Crippen LogP contribution in [-0.2, 0) is 10.2 Å². The number of rotatable bonds is 5. The van der Waals surface area contributed by atoms with Crippen molar-refractivity contribution in [3.05, 3.63) is 28.5 Å². The number of aliphatic carboxylic acids is 1. The fourth-order valence-corrected chi connectivity index (χ4v) is 1.94. The van der Waals surface area contributed by atoms with E-state index in [4.69, 9.17) is 16.7 Å². The number of carbonyl (C=O) groups excluding carboxylic acids is 1. The van der Waals surface area contributed by atoms with E-state index in [1.54, 1.807) is 13.0 Å². The number of nitrogens with zero attached hydrogens (tertiary/aromatic N) is 1. The normalized spacial score (nSPS) is 12.8. The lowest BCUT2D eigenvalue weighted by Crippen LogP contribution is -2.33. The predicted octanol–water partition coefficient (Wildman–Crippen LogP) is 3.02. The van der Waals surface area contributed by atoms with Crippen LogP contribution in [0.1, 0.15) is 56.6 Å². The predicted molar refractivity (Wildman–Crippen MR) is 81.7 cm³/mol. The van der Waals surface area contributed by atoms with E-state index in [9.17, 15) is 9.59 Å². The Labute approximate surface area is 129 Å². The van der Waals surface area contributed by atoms with Crippen molar-refractivity contribution in [3.63, 3.8) is 0 Å². The molecule has 0 radical (unpaired) electrons. The molecular formula is C15H21ClN2O3. The molecule has 1 heterocycles. The maximum absolute atomic E-state index is 12.2. The molecular weight excluding hydrogens is 292 g/mol. The molecule has 0 aliphatic carbocycles. The molecule has 1 atom stereocenters. The van der Waals surface area contributed by atoms with E-state index in [2.05, 4.69) is 10.3 Å². The highest BCUT2D eigenvalue weighted by atomic mass is 35.5. The average molecular weight is 313 g/mol. The SMILES string of the molecule is CC(CCC(=O)O)NC(=O)c1cc(Cl)nc(C(C)(C)C)c1. The van der Waals surface area contributed by atoms with Crippen LogP contribution < -0.4 is 5.32 Å². The summed E-state index contributed by atoms with van der Waals surface area (Å²) in [6, 6.07) is 3.00. The van der Waals surface area contributed by atoms with Gasteiger partial charge >= 0.3 is 5.97 Å². The number of carbonyl (C=O) groups is 2. The van der Waals surface area contributed by atoms with Crippen LogP contribution in [-0.4, -0.2) is 28.0 Å². The van der Waals surface area contributed by atoms with Crippen molar-refractivity contribution >= 4 is 23.5 Å². The van der Waals surface area contributed by atoms with Crippen molar-refractivity contribution in [2.24, 2.45) is 0 Å². The molecule has 0 aliphatic heterocycles. The first-order valence-corrected chi connectivity index (χ1v) is 7.18. The van der Waals surface area contributed by atoms with Gasteiger partial charge in [-0.2, -0.15) is 0 Å². The van der Waals surface area contributed by atoms with E-state index >= 15 is 0 Å². The van der Waals surface area contributed by atoms with E-state index in [0.717, 1.165) is 5.69 Å². The van der Waals surface area contributed by atoms with Crippen molar-refractivity contribution < 1.29 is 14.7 Å². The molecule has 0 bridgehead atoms. The molecule has 0 saturated carbocycles. The monoisotopic (exact) mass is 312 g/mol. The van der Waals surface area contributed by atoms with Crippen LogP contribution in [0.2, 0.25) is 5.15 Å². The first-order valence-electron chi connectivity index (χ1n) is 6.80. The molecule has 0 saturated heterocycles. The van der Waals surface area contributed by atoms with Crippen LogP contribution >= 0.6 is 11.6 Å². The van der Waals surface area contributed by atoms with Gasteiger partial charge in [0.15, 0.2) is 0 Å². The molecule has 6 heteroatoms. The number of hydrogen-bond donors (Lipinski definition) is 2. The fraction of sp³-hybridized carbons (Fsp3) is 0.533. The highest BCUT2D eigenvalue weighted by molar-refractivity contribution is 6.29. The maximum atomic E-state index is 12.2. The summed E-state index contributed by atoms with van der Waals surface area (Å²) in [5.41, 5.74) is 0.954. The Morgan fingerprint density at radius 1 is 1.38 bits per heavy atom. The number of carboxylic acid groups (broad SMARTS) is 1. The van der Waals surface area contributed by atoms with Gasteiger partial charge in [-0.3, -0.25) is 9.59 Å². The summed E-state index contributed by atoms with van der Waals surface area (Å²) in [4.78, 5) is 26.9. The number of hydrogen-bond acceptors (Lipinski definition) is 3. The molecule has 1 aromatic rings. The van der Waals surface area contributed by atoms with Gasteiger partial charge in [0.25, 0.3) is 5.91 Å². The molecule has 0 aromatic carbocycles. The molecule has 1 unspecified atom stereocenters. The van der Waals surface area contributed by atoms with Gasteiger partial charge < -0.3 is 10.4 Å². The highest BCUT2D eigenvalue weighted by Crippen LogP contribution is 2.23. The van der Waals surface area contributed by atoms with E-state index < -0.39 is 5.97 Å². The molecule has 2 N–H and O–H groups in total. The molecule has 21 heavy (non-hydrogen) atoms. The fourth-order valence-electron chi connectivity index (χ4n) is 1.73. The lowest BCUT2D eigenvalue weighted by atomic mass is 9.91. The second-order valence-electron chi connectivity index (χ2n) is 6.12. The quantitative estimate of drug-likeness (QED) is 0.819. The Morgan fingerprint density at radius 3 is 2.52 bits per heavy atom. The van der Waals surface area contributed by atoms with Crippen LogP contribution in [0.25, 0.3) is 0 Å². The molecule has 0 fully saturated rings.